The van der Waals surface area contributed by atoms with Gasteiger partial charge in [-0.05, 0) is 35.9 Å². The van der Waals surface area contributed by atoms with Crippen LogP contribution in [0, 0.1) is 11.6 Å². The lowest BCUT2D eigenvalue weighted by Gasteiger charge is -2.10. The lowest BCUT2D eigenvalue weighted by Crippen LogP contribution is -2.14. The van der Waals surface area contributed by atoms with Crippen molar-refractivity contribution < 1.29 is 13.2 Å². The van der Waals surface area contributed by atoms with Crippen molar-refractivity contribution in [1.29, 1.82) is 0 Å². The molecule has 0 radical (unpaired) electrons. The first-order chi connectivity index (χ1) is 8.08. The summed E-state index contributed by atoms with van der Waals surface area (Å²) in [6.07, 6.45) is 0.0162. The number of halogens is 3. The van der Waals surface area contributed by atoms with Crippen molar-refractivity contribution in [3.8, 4) is 0 Å². The molecule has 0 bridgehead atoms. The molecule has 0 fully saturated rings. The summed E-state index contributed by atoms with van der Waals surface area (Å²) in [7, 11) is 0. The van der Waals surface area contributed by atoms with E-state index in [9.17, 15) is 8.78 Å². The second-order valence-corrected chi connectivity index (χ2v) is 4.03. The van der Waals surface area contributed by atoms with Crippen molar-refractivity contribution >= 4 is 11.6 Å². The summed E-state index contributed by atoms with van der Waals surface area (Å²) in [5, 5.41) is 0.199. The van der Waals surface area contributed by atoms with Crippen LogP contribution in [0.15, 0.2) is 34.7 Å². The van der Waals surface area contributed by atoms with Crippen LogP contribution in [0.5, 0.6) is 0 Å². The Morgan fingerprint density at radius 2 is 1.82 bits per heavy atom. The summed E-state index contributed by atoms with van der Waals surface area (Å²) in [5.74, 6) is -0.825. The molecule has 1 aromatic carbocycles. The smallest absolute Gasteiger partial charge is 0.193 e. The molecule has 0 spiro atoms. The number of hydrogen-bond acceptors (Lipinski definition) is 2. The fraction of sp³-hybridized carbons (Fsp3) is 0.167. The molecule has 2 rings (SSSR count). The van der Waals surface area contributed by atoms with Crippen molar-refractivity contribution in [2.24, 2.45) is 5.73 Å². The van der Waals surface area contributed by atoms with Crippen molar-refractivity contribution in [2.45, 2.75) is 12.5 Å². The fourth-order valence-electron chi connectivity index (χ4n) is 1.58. The zero-order valence-corrected chi connectivity index (χ0v) is 9.55. The first-order valence-electron chi connectivity index (χ1n) is 5.01. The van der Waals surface area contributed by atoms with Crippen LogP contribution in [0.4, 0.5) is 8.78 Å². The van der Waals surface area contributed by atoms with Gasteiger partial charge in [0.1, 0.15) is 17.4 Å². The molecule has 0 amide bonds. The van der Waals surface area contributed by atoms with E-state index in [1.165, 1.54) is 24.3 Å². The van der Waals surface area contributed by atoms with Crippen molar-refractivity contribution in [3.05, 3.63) is 58.5 Å². The van der Waals surface area contributed by atoms with Crippen LogP contribution >= 0.6 is 11.6 Å². The maximum Gasteiger partial charge on any atom is 0.193 e. The highest BCUT2D eigenvalue weighted by Crippen LogP contribution is 2.23. The Kier molecular flexibility index (Phi) is 3.45. The molecule has 90 valence electrons. The predicted octanol–water partition coefficient (Wildman–Crippen LogP) is 3.45. The molecular formula is C12H10ClF2NO. The lowest BCUT2D eigenvalue weighted by molar-refractivity contribution is 0.455. The summed E-state index contributed by atoms with van der Waals surface area (Å²) in [5.41, 5.74) is 5.74. The third-order valence-electron chi connectivity index (χ3n) is 2.45. The predicted molar refractivity (Wildman–Crippen MR) is 60.7 cm³/mol. The molecule has 1 heterocycles. The SMILES string of the molecule is NC(Cc1c(F)cccc1F)c1ccc(Cl)o1. The summed E-state index contributed by atoms with van der Waals surface area (Å²) in [6.45, 7) is 0. The van der Waals surface area contributed by atoms with Gasteiger partial charge < -0.3 is 10.2 Å². The van der Waals surface area contributed by atoms with Crippen LogP contribution in [-0.4, -0.2) is 0 Å². The Hall–Kier alpha value is -1.39. The zero-order valence-electron chi connectivity index (χ0n) is 8.79. The minimum absolute atomic E-state index is 0.0162. The number of furan rings is 1. The van der Waals surface area contributed by atoms with Gasteiger partial charge in [0, 0.05) is 12.0 Å². The highest BCUT2D eigenvalue weighted by atomic mass is 35.5. The summed E-state index contributed by atoms with van der Waals surface area (Å²) in [6, 6.07) is 6.19. The highest BCUT2D eigenvalue weighted by molar-refractivity contribution is 6.28. The van der Waals surface area contributed by atoms with E-state index in [-0.39, 0.29) is 17.2 Å². The molecule has 2 nitrogen and oxygen atoms in total. The van der Waals surface area contributed by atoms with Crippen LogP contribution in [0.25, 0.3) is 0 Å². The van der Waals surface area contributed by atoms with E-state index in [0.29, 0.717) is 5.76 Å². The molecule has 0 saturated carbocycles. The molecule has 2 aromatic rings. The maximum atomic E-state index is 13.4. The van der Waals surface area contributed by atoms with Crippen molar-refractivity contribution in [2.75, 3.05) is 0 Å². The van der Waals surface area contributed by atoms with Crippen LogP contribution in [0.2, 0.25) is 5.22 Å². The Morgan fingerprint density at radius 3 is 2.35 bits per heavy atom. The fourth-order valence-corrected chi connectivity index (χ4v) is 1.73. The van der Waals surface area contributed by atoms with Gasteiger partial charge in [0.15, 0.2) is 5.22 Å². The van der Waals surface area contributed by atoms with Gasteiger partial charge >= 0.3 is 0 Å². The van der Waals surface area contributed by atoms with E-state index >= 15 is 0 Å². The molecule has 0 aliphatic rings. The minimum atomic E-state index is -0.631. The normalized spacial score (nSPS) is 12.7. The van der Waals surface area contributed by atoms with Crippen LogP contribution in [0.3, 0.4) is 0 Å². The van der Waals surface area contributed by atoms with E-state index in [4.69, 9.17) is 21.8 Å². The van der Waals surface area contributed by atoms with E-state index < -0.39 is 17.7 Å². The molecule has 1 aromatic heterocycles. The van der Waals surface area contributed by atoms with Gasteiger partial charge in [-0.15, -0.1) is 0 Å². The zero-order chi connectivity index (χ0) is 12.4. The monoisotopic (exact) mass is 257 g/mol. The van der Waals surface area contributed by atoms with Crippen LogP contribution in [-0.2, 0) is 6.42 Å². The third kappa shape index (κ3) is 2.65. The third-order valence-corrected chi connectivity index (χ3v) is 2.65. The molecule has 5 heteroatoms. The van der Waals surface area contributed by atoms with E-state index in [1.54, 1.807) is 6.07 Å². The van der Waals surface area contributed by atoms with E-state index in [0.717, 1.165) is 0 Å². The maximum absolute atomic E-state index is 13.4. The van der Waals surface area contributed by atoms with Gasteiger partial charge in [-0.2, -0.15) is 0 Å². The number of nitrogens with two attached hydrogens (primary N) is 1. The number of benzene rings is 1. The standard InChI is InChI=1S/C12H10ClF2NO/c13-12-5-4-11(17-12)10(16)6-7-8(14)2-1-3-9(7)15/h1-5,10H,6,16H2. The number of hydrogen-bond donors (Lipinski definition) is 1. The van der Waals surface area contributed by atoms with Crippen LogP contribution < -0.4 is 5.73 Å². The van der Waals surface area contributed by atoms with Gasteiger partial charge in [-0.3, -0.25) is 0 Å². The molecule has 2 N–H and O–H groups in total. The summed E-state index contributed by atoms with van der Waals surface area (Å²) < 4.78 is 31.9. The van der Waals surface area contributed by atoms with Gasteiger partial charge in [-0.25, -0.2) is 8.78 Å². The van der Waals surface area contributed by atoms with Crippen LogP contribution in [0.1, 0.15) is 17.4 Å². The first kappa shape index (κ1) is 12.1. The molecule has 17 heavy (non-hydrogen) atoms. The topological polar surface area (TPSA) is 39.2 Å². The van der Waals surface area contributed by atoms with E-state index in [2.05, 4.69) is 0 Å². The molecule has 0 aliphatic carbocycles. The quantitative estimate of drug-likeness (QED) is 0.915. The number of rotatable bonds is 3. The summed E-state index contributed by atoms with van der Waals surface area (Å²) >= 11 is 5.60. The average molecular weight is 258 g/mol. The lowest BCUT2D eigenvalue weighted by atomic mass is 10.0. The molecule has 0 aliphatic heterocycles. The Balaban J connectivity index is 2.21. The van der Waals surface area contributed by atoms with Crippen molar-refractivity contribution in [1.82, 2.24) is 0 Å². The highest BCUT2D eigenvalue weighted by Gasteiger charge is 2.16. The molecule has 1 unspecified atom stereocenters. The van der Waals surface area contributed by atoms with Gasteiger partial charge in [-0.1, -0.05) is 6.07 Å². The summed E-state index contributed by atoms with van der Waals surface area (Å²) in [4.78, 5) is 0. The van der Waals surface area contributed by atoms with E-state index in [1.807, 2.05) is 0 Å². The molecule has 0 saturated heterocycles. The minimum Gasteiger partial charge on any atom is -0.448 e. The van der Waals surface area contributed by atoms with Gasteiger partial charge in [0.25, 0.3) is 0 Å². The van der Waals surface area contributed by atoms with Gasteiger partial charge in [0.05, 0.1) is 6.04 Å². The Labute approximate surface area is 102 Å². The largest absolute Gasteiger partial charge is 0.448 e. The second kappa shape index (κ2) is 4.85. The Bertz CT molecular complexity index is 507. The average Bonchev–Trinajstić information content (AvgIpc) is 2.70. The Morgan fingerprint density at radius 1 is 1.18 bits per heavy atom. The second-order valence-electron chi connectivity index (χ2n) is 3.65. The molecule has 1 atom stereocenters. The van der Waals surface area contributed by atoms with Crippen molar-refractivity contribution in [3.63, 3.8) is 0 Å². The first-order valence-corrected chi connectivity index (χ1v) is 5.39. The van der Waals surface area contributed by atoms with Gasteiger partial charge in [0.2, 0.25) is 0 Å². The molecular weight excluding hydrogens is 248 g/mol.